The first-order valence-electron chi connectivity index (χ1n) is 9.25. The van der Waals surface area contributed by atoms with Gasteiger partial charge in [0.25, 0.3) is 0 Å². The average molecular weight is 274 g/mol. The zero-order valence-corrected chi connectivity index (χ0v) is 13.0. The molecule has 0 N–H and O–H groups in total. The van der Waals surface area contributed by atoms with Gasteiger partial charge in [-0.3, -0.25) is 4.79 Å². The monoisotopic (exact) mass is 274 g/mol. The van der Waals surface area contributed by atoms with E-state index in [9.17, 15) is 4.79 Å². The molecule has 4 rings (SSSR count). The Morgan fingerprint density at radius 1 is 0.850 bits per heavy atom. The molecule has 4 fully saturated rings. The van der Waals surface area contributed by atoms with Gasteiger partial charge in [0.05, 0.1) is 0 Å². The van der Waals surface area contributed by atoms with Crippen LogP contribution in [-0.4, -0.2) is 5.78 Å². The standard InChI is InChI=1S/C19H30O/c1-12-10-14-4-2-3-5-16(14)17-9-7-13-6-8-15(20)11-18(13)19(12)17/h12-14,16-19H,2-11H2,1H3. The van der Waals surface area contributed by atoms with Crippen LogP contribution in [0.2, 0.25) is 0 Å². The Kier molecular flexibility index (Phi) is 3.43. The van der Waals surface area contributed by atoms with Crippen molar-refractivity contribution in [2.75, 3.05) is 0 Å². The summed E-state index contributed by atoms with van der Waals surface area (Å²) < 4.78 is 0. The third-order valence-electron chi connectivity index (χ3n) is 7.57. The predicted octanol–water partition coefficient (Wildman–Crippen LogP) is 4.84. The van der Waals surface area contributed by atoms with E-state index < -0.39 is 0 Å². The van der Waals surface area contributed by atoms with Crippen molar-refractivity contribution in [2.24, 2.45) is 41.4 Å². The van der Waals surface area contributed by atoms with Gasteiger partial charge in [0, 0.05) is 12.8 Å². The summed E-state index contributed by atoms with van der Waals surface area (Å²) in [6, 6.07) is 0. The van der Waals surface area contributed by atoms with Crippen molar-refractivity contribution in [3.63, 3.8) is 0 Å². The van der Waals surface area contributed by atoms with Crippen molar-refractivity contribution in [2.45, 2.75) is 71.1 Å². The van der Waals surface area contributed by atoms with E-state index in [1.165, 1.54) is 51.4 Å². The highest BCUT2D eigenvalue weighted by Crippen LogP contribution is 2.58. The van der Waals surface area contributed by atoms with E-state index in [1.807, 2.05) is 0 Å². The molecule has 112 valence electrons. The molecule has 0 bridgehead atoms. The van der Waals surface area contributed by atoms with Crippen LogP contribution in [0, 0.1) is 41.4 Å². The molecule has 20 heavy (non-hydrogen) atoms. The fourth-order valence-electron chi connectivity index (χ4n) is 6.89. The maximum Gasteiger partial charge on any atom is 0.133 e. The Bertz CT molecular complexity index is 387. The quantitative estimate of drug-likeness (QED) is 0.617. The third-order valence-corrected chi connectivity index (χ3v) is 7.57. The molecule has 0 aliphatic heterocycles. The molecule has 7 unspecified atom stereocenters. The van der Waals surface area contributed by atoms with Crippen molar-refractivity contribution >= 4 is 5.78 Å². The molecule has 1 heteroatoms. The molecule has 4 aliphatic carbocycles. The van der Waals surface area contributed by atoms with Crippen molar-refractivity contribution in [3.8, 4) is 0 Å². The summed E-state index contributed by atoms with van der Waals surface area (Å²) in [4.78, 5) is 12.0. The topological polar surface area (TPSA) is 17.1 Å². The summed E-state index contributed by atoms with van der Waals surface area (Å²) in [6.45, 7) is 2.52. The minimum Gasteiger partial charge on any atom is -0.300 e. The lowest BCUT2D eigenvalue weighted by molar-refractivity contribution is -0.129. The highest BCUT2D eigenvalue weighted by atomic mass is 16.1. The van der Waals surface area contributed by atoms with Crippen LogP contribution in [0.1, 0.15) is 71.1 Å². The normalized spacial score (nSPS) is 51.9. The van der Waals surface area contributed by atoms with E-state index >= 15 is 0 Å². The van der Waals surface area contributed by atoms with Crippen LogP contribution < -0.4 is 0 Å². The smallest absolute Gasteiger partial charge is 0.133 e. The molecule has 1 nitrogen and oxygen atoms in total. The van der Waals surface area contributed by atoms with Crippen LogP contribution in [0.15, 0.2) is 0 Å². The Labute approximate surface area is 123 Å². The fraction of sp³-hybridized carbons (Fsp3) is 0.947. The first-order chi connectivity index (χ1) is 9.74. The summed E-state index contributed by atoms with van der Waals surface area (Å²) in [7, 11) is 0. The van der Waals surface area contributed by atoms with E-state index in [2.05, 4.69) is 6.92 Å². The number of carbonyl (C=O) groups excluding carboxylic acids is 1. The molecular formula is C19H30O. The van der Waals surface area contributed by atoms with Gasteiger partial charge in [0.1, 0.15) is 5.78 Å². The molecule has 4 aliphatic rings. The molecule has 0 amide bonds. The number of carbonyl (C=O) groups is 1. The van der Waals surface area contributed by atoms with Crippen LogP contribution in [0.5, 0.6) is 0 Å². The Hall–Kier alpha value is -0.330. The lowest BCUT2D eigenvalue weighted by Gasteiger charge is -2.56. The Morgan fingerprint density at radius 3 is 2.60 bits per heavy atom. The van der Waals surface area contributed by atoms with Crippen LogP contribution in [-0.2, 0) is 4.79 Å². The van der Waals surface area contributed by atoms with Gasteiger partial charge in [-0.05, 0) is 73.5 Å². The van der Waals surface area contributed by atoms with E-state index in [0.717, 1.165) is 54.3 Å². The first-order valence-corrected chi connectivity index (χ1v) is 9.25. The molecular weight excluding hydrogens is 244 g/mol. The predicted molar refractivity (Wildman–Crippen MR) is 81.3 cm³/mol. The summed E-state index contributed by atoms with van der Waals surface area (Å²) in [5, 5.41) is 0. The van der Waals surface area contributed by atoms with Crippen molar-refractivity contribution < 1.29 is 4.79 Å². The second kappa shape index (κ2) is 5.14. The molecule has 0 radical (unpaired) electrons. The molecule has 0 aromatic heterocycles. The van der Waals surface area contributed by atoms with Crippen LogP contribution in [0.3, 0.4) is 0 Å². The van der Waals surface area contributed by atoms with E-state index in [4.69, 9.17) is 0 Å². The number of fused-ring (bicyclic) bond motifs is 5. The molecule has 0 aromatic rings. The van der Waals surface area contributed by atoms with Gasteiger partial charge in [-0.2, -0.15) is 0 Å². The van der Waals surface area contributed by atoms with Crippen LogP contribution in [0.4, 0.5) is 0 Å². The number of Topliss-reactive ketones (excluding diaryl/α,β-unsaturated/α-hetero) is 1. The average Bonchev–Trinajstić information content (AvgIpc) is 2.46. The summed E-state index contributed by atoms with van der Waals surface area (Å²) in [6.07, 6.45) is 13.4. The molecule has 0 aromatic carbocycles. The number of ketones is 1. The van der Waals surface area contributed by atoms with Gasteiger partial charge in [-0.25, -0.2) is 0 Å². The Balaban J connectivity index is 1.60. The van der Waals surface area contributed by atoms with Crippen molar-refractivity contribution in [3.05, 3.63) is 0 Å². The highest BCUT2D eigenvalue weighted by molar-refractivity contribution is 5.79. The number of hydrogen-bond donors (Lipinski definition) is 0. The van der Waals surface area contributed by atoms with E-state index in [0.29, 0.717) is 5.78 Å². The first kappa shape index (κ1) is 13.3. The SMILES string of the molecule is CC1CC2CCCCC2C2CCC3CCC(=O)CC3C12. The molecule has 0 spiro atoms. The van der Waals surface area contributed by atoms with Crippen LogP contribution >= 0.6 is 0 Å². The van der Waals surface area contributed by atoms with Crippen molar-refractivity contribution in [1.29, 1.82) is 0 Å². The summed E-state index contributed by atoms with van der Waals surface area (Å²) in [5.41, 5.74) is 0. The maximum absolute atomic E-state index is 12.0. The summed E-state index contributed by atoms with van der Waals surface area (Å²) in [5.74, 6) is 7.08. The lowest BCUT2D eigenvalue weighted by atomic mass is 9.49. The van der Waals surface area contributed by atoms with Gasteiger partial charge >= 0.3 is 0 Å². The largest absolute Gasteiger partial charge is 0.300 e. The summed E-state index contributed by atoms with van der Waals surface area (Å²) >= 11 is 0. The molecule has 0 saturated heterocycles. The molecule has 0 heterocycles. The van der Waals surface area contributed by atoms with E-state index in [1.54, 1.807) is 0 Å². The minimum absolute atomic E-state index is 0.574. The second-order valence-corrected chi connectivity index (χ2v) is 8.45. The number of hydrogen-bond acceptors (Lipinski definition) is 1. The molecule has 4 saturated carbocycles. The maximum atomic E-state index is 12.0. The molecule has 7 atom stereocenters. The fourth-order valence-corrected chi connectivity index (χ4v) is 6.89. The van der Waals surface area contributed by atoms with E-state index in [-0.39, 0.29) is 0 Å². The zero-order chi connectivity index (χ0) is 13.7. The van der Waals surface area contributed by atoms with Gasteiger partial charge in [0.15, 0.2) is 0 Å². The Morgan fingerprint density at radius 2 is 1.70 bits per heavy atom. The van der Waals surface area contributed by atoms with Crippen LogP contribution in [0.25, 0.3) is 0 Å². The van der Waals surface area contributed by atoms with Gasteiger partial charge in [0.2, 0.25) is 0 Å². The number of rotatable bonds is 0. The van der Waals surface area contributed by atoms with Crippen molar-refractivity contribution in [1.82, 2.24) is 0 Å². The highest BCUT2D eigenvalue weighted by Gasteiger charge is 2.51. The second-order valence-electron chi connectivity index (χ2n) is 8.45. The third kappa shape index (κ3) is 2.07. The zero-order valence-electron chi connectivity index (χ0n) is 13.0. The van der Waals surface area contributed by atoms with Gasteiger partial charge < -0.3 is 0 Å². The van der Waals surface area contributed by atoms with Gasteiger partial charge in [-0.1, -0.05) is 26.2 Å². The van der Waals surface area contributed by atoms with Gasteiger partial charge in [-0.15, -0.1) is 0 Å². The lowest BCUT2D eigenvalue weighted by Crippen LogP contribution is -2.49. The minimum atomic E-state index is 0.574.